The number of benzene rings is 2. The van der Waals surface area contributed by atoms with Gasteiger partial charge >= 0.3 is 0 Å². The average Bonchev–Trinajstić information content (AvgIpc) is 2.96. The number of nitrogen functional groups attached to an aromatic ring is 2. The first-order chi connectivity index (χ1) is 11.9. The van der Waals surface area contributed by atoms with Crippen molar-refractivity contribution in [3.8, 4) is 23.0 Å². The molecule has 2 aromatic carbocycles. The SMILES string of the molecule is CN(N)c1ccc(-n2nc(N)cc2-c2ccc(C#N)c(F)c2)cc1N. The van der Waals surface area contributed by atoms with E-state index in [-0.39, 0.29) is 11.4 Å². The highest BCUT2D eigenvalue weighted by molar-refractivity contribution is 5.72. The van der Waals surface area contributed by atoms with Crippen LogP contribution < -0.4 is 22.3 Å². The summed E-state index contributed by atoms with van der Waals surface area (Å²) in [7, 11) is 1.68. The number of nitriles is 1. The predicted molar refractivity (Wildman–Crippen MR) is 95.1 cm³/mol. The van der Waals surface area contributed by atoms with Crippen LogP contribution in [0.3, 0.4) is 0 Å². The summed E-state index contributed by atoms with van der Waals surface area (Å²) in [4.78, 5) is 0. The number of rotatable bonds is 3. The Bertz CT molecular complexity index is 985. The first-order valence-corrected chi connectivity index (χ1v) is 7.34. The largest absolute Gasteiger partial charge is 0.397 e. The molecule has 6 N–H and O–H groups in total. The molecule has 8 heteroatoms. The number of anilines is 3. The van der Waals surface area contributed by atoms with E-state index in [1.54, 1.807) is 48.1 Å². The van der Waals surface area contributed by atoms with Crippen LogP contribution in [0.2, 0.25) is 0 Å². The first kappa shape index (κ1) is 16.3. The van der Waals surface area contributed by atoms with E-state index in [4.69, 9.17) is 22.6 Å². The van der Waals surface area contributed by atoms with Gasteiger partial charge in [-0.3, -0.25) is 0 Å². The zero-order valence-electron chi connectivity index (χ0n) is 13.4. The highest BCUT2D eigenvalue weighted by atomic mass is 19.1. The maximum Gasteiger partial charge on any atom is 0.146 e. The summed E-state index contributed by atoms with van der Waals surface area (Å²) in [6, 6.07) is 13.0. The standard InChI is InChI=1S/C17H16FN7/c1-24(22)15-5-4-12(7-14(15)20)25-16(8-17(21)23-25)10-2-3-11(9-19)13(18)6-10/h2-8H,20,22H2,1H3,(H2,21,23). The monoisotopic (exact) mass is 337 g/mol. The van der Waals surface area contributed by atoms with Gasteiger partial charge in [0, 0.05) is 18.7 Å². The number of nitrogens with zero attached hydrogens (tertiary/aromatic N) is 4. The van der Waals surface area contributed by atoms with E-state index >= 15 is 0 Å². The summed E-state index contributed by atoms with van der Waals surface area (Å²) < 4.78 is 15.5. The lowest BCUT2D eigenvalue weighted by atomic mass is 10.1. The van der Waals surface area contributed by atoms with Gasteiger partial charge in [0.05, 0.1) is 28.3 Å². The molecule has 0 atom stereocenters. The van der Waals surface area contributed by atoms with E-state index in [0.717, 1.165) is 0 Å². The van der Waals surface area contributed by atoms with Crippen LogP contribution in [0.15, 0.2) is 42.5 Å². The van der Waals surface area contributed by atoms with Gasteiger partial charge in [0.2, 0.25) is 0 Å². The fourth-order valence-electron chi connectivity index (χ4n) is 2.56. The summed E-state index contributed by atoms with van der Waals surface area (Å²) >= 11 is 0. The van der Waals surface area contributed by atoms with Crippen LogP contribution in [0.4, 0.5) is 21.6 Å². The topological polar surface area (TPSA) is 123 Å². The van der Waals surface area contributed by atoms with Crippen molar-refractivity contribution in [2.75, 3.05) is 23.5 Å². The third-order valence-corrected chi connectivity index (χ3v) is 3.75. The second-order valence-corrected chi connectivity index (χ2v) is 5.53. The van der Waals surface area contributed by atoms with E-state index in [2.05, 4.69) is 5.10 Å². The number of hydrogen-bond donors (Lipinski definition) is 3. The Morgan fingerprint density at radius 1 is 1.16 bits per heavy atom. The van der Waals surface area contributed by atoms with E-state index in [1.807, 2.05) is 0 Å². The van der Waals surface area contributed by atoms with Gasteiger partial charge in [-0.25, -0.2) is 14.9 Å². The minimum Gasteiger partial charge on any atom is -0.397 e. The first-order valence-electron chi connectivity index (χ1n) is 7.34. The van der Waals surface area contributed by atoms with Gasteiger partial charge in [-0.05, 0) is 30.3 Å². The molecule has 1 heterocycles. The molecule has 0 spiro atoms. The molecule has 0 aliphatic heterocycles. The fraction of sp³-hybridized carbons (Fsp3) is 0.0588. The maximum absolute atomic E-state index is 14.0. The lowest BCUT2D eigenvalue weighted by Gasteiger charge is -2.16. The van der Waals surface area contributed by atoms with Crippen molar-refractivity contribution in [1.29, 1.82) is 5.26 Å². The lowest BCUT2D eigenvalue weighted by Crippen LogP contribution is -2.26. The quantitative estimate of drug-likeness (QED) is 0.382. The number of aromatic nitrogens is 2. The highest BCUT2D eigenvalue weighted by Crippen LogP contribution is 2.29. The van der Waals surface area contributed by atoms with Gasteiger partial charge in [-0.1, -0.05) is 6.07 Å². The van der Waals surface area contributed by atoms with Gasteiger partial charge < -0.3 is 16.5 Å². The molecule has 0 saturated carbocycles. The van der Waals surface area contributed by atoms with E-state index in [9.17, 15) is 4.39 Å². The second-order valence-electron chi connectivity index (χ2n) is 5.53. The predicted octanol–water partition coefficient (Wildman–Crippen LogP) is 2.02. The molecule has 3 rings (SSSR count). The smallest absolute Gasteiger partial charge is 0.146 e. The summed E-state index contributed by atoms with van der Waals surface area (Å²) in [6.45, 7) is 0. The molecule has 0 radical (unpaired) electrons. The van der Waals surface area contributed by atoms with Crippen LogP contribution >= 0.6 is 0 Å². The third kappa shape index (κ3) is 2.96. The van der Waals surface area contributed by atoms with Gasteiger partial charge in [0.1, 0.15) is 17.7 Å². The molecular formula is C17H16FN7. The molecule has 0 saturated heterocycles. The van der Waals surface area contributed by atoms with Crippen LogP contribution in [0.25, 0.3) is 16.9 Å². The number of nitrogens with two attached hydrogens (primary N) is 3. The summed E-state index contributed by atoms with van der Waals surface area (Å²) in [5.74, 6) is 5.39. The number of hydrazine groups is 1. The zero-order chi connectivity index (χ0) is 18.1. The van der Waals surface area contributed by atoms with Crippen molar-refractivity contribution in [1.82, 2.24) is 9.78 Å². The van der Waals surface area contributed by atoms with E-state index in [1.165, 1.54) is 17.1 Å². The molecule has 3 aromatic rings. The Balaban J connectivity index is 2.12. The summed E-state index contributed by atoms with van der Waals surface area (Å²) in [6.07, 6.45) is 0. The summed E-state index contributed by atoms with van der Waals surface area (Å²) in [5.41, 5.74) is 14.7. The molecule has 7 nitrogen and oxygen atoms in total. The normalized spacial score (nSPS) is 10.5. The Morgan fingerprint density at radius 3 is 2.52 bits per heavy atom. The second kappa shape index (κ2) is 6.14. The average molecular weight is 337 g/mol. The molecule has 126 valence electrons. The Hall–Kier alpha value is -3.57. The van der Waals surface area contributed by atoms with Crippen molar-refractivity contribution in [2.45, 2.75) is 0 Å². The Kier molecular flexibility index (Phi) is 4.00. The number of halogens is 1. The van der Waals surface area contributed by atoms with E-state index in [0.29, 0.717) is 28.3 Å². The van der Waals surface area contributed by atoms with Crippen LogP contribution in [0.5, 0.6) is 0 Å². The fourth-order valence-corrected chi connectivity index (χ4v) is 2.56. The van der Waals surface area contributed by atoms with Crippen molar-refractivity contribution in [3.05, 3.63) is 53.8 Å². The molecule has 0 bridgehead atoms. The molecule has 0 unspecified atom stereocenters. The van der Waals surface area contributed by atoms with Gasteiger partial charge in [0.25, 0.3) is 0 Å². The maximum atomic E-state index is 14.0. The molecule has 1 aromatic heterocycles. The molecule has 25 heavy (non-hydrogen) atoms. The van der Waals surface area contributed by atoms with Crippen molar-refractivity contribution >= 4 is 17.2 Å². The highest BCUT2D eigenvalue weighted by Gasteiger charge is 2.14. The van der Waals surface area contributed by atoms with Crippen molar-refractivity contribution in [2.24, 2.45) is 5.84 Å². The zero-order valence-corrected chi connectivity index (χ0v) is 13.4. The summed E-state index contributed by atoms with van der Waals surface area (Å²) in [5, 5.41) is 14.5. The van der Waals surface area contributed by atoms with Gasteiger partial charge in [-0.2, -0.15) is 10.4 Å². The Morgan fingerprint density at radius 2 is 1.92 bits per heavy atom. The Labute approximate surface area is 143 Å². The molecule has 0 aliphatic rings. The van der Waals surface area contributed by atoms with Crippen LogP contribution in [0.1, 0.15) is 5.56 Å². The van der Waals surface area contributed by atoms with Gasteiger partial charge in [-0.15, -0.1) is 0 Å². The molecule has 0 amide bonds. The minimum atomic E-state index is -0.606. The number of hydrogen-bond acceptors (Lipinski definition) is 6. The molecule has 0 fully saturated rings. The van der Waals surface area contributed by atoms with Crippen molar-refractivity contribution in [3.63, 3.8) is 0 Å². The molecule has 0 aliphatic carbocycles. The van der Waals surface area contributed by atoms with E-state index < -0.39 is 5.82 Å². The lowest BCUT2D eigenvalue weighted by molar-refractivity contribution is 0.624. The van der Waals surface area contributed by atoms with Gasteiger partial charge in [0.15, 0.2) is 0 Å². The molecular weight excluding hydrogens is 321 g/mol. The van der Waals surface area contributed by atoms with Crippen LogP contribution in [0, 0.1) is 17.1 Å². The minimum absolute atomic E-state index is 0.0256. The van der Waals surface area contributed by atoms with Crippen molar-refractivity contribution < 1.29 is 4.39 Å². The van der Waals surface area contributed by atoms with Crippen LogP contribution in [-0.2, 0) is 0 Å². The van der Waals surface area contributed by atoms with Crippen LogP contribution in [-0.4, -0.2) is 16.8 Å². The third-order valence-electron chi connectivity index (χ3n) is 3.75.